The first-order valence-corrected chi connectivity index (χ1v) is 4.80. The Kier molecular flexibility index (Phi) is 3.39. The summed E-state index contributed by atoms with van der Waals surface area (Å²) in [4.78, 5) is 16.3. The van der Waals surface area contributed by atoms with E-state index in [-0.39, 0.29) is 12.6 Å². The van der Waals surface area contributed by atoms with Gasteiger partial charge in [0.25, 0.3) is 0 Å². The van der Waals surface area contributed by atoms with E-state index >= 15 is 0 Å². The fraction of sp³-hybridized carbons (Fsp3) is 0.500. The van der Waals surface area contributed by atoms with Crippen LogP contribution in [0, 0.1) is 0 Å². The highest BCUT2D eigenvalue weighted by Crippen LogP contribution is 2.19. The van der Waals surface area contributed by atoms with E-state index in [0.29, 0.717) is 0 Å². The summed E-state index contributed by atoms with van der Waals surface area (Å²) in [5.74, 6) is -0.814. The second-order valence-electron chi connectivity index (χ2n) is 2.86. The molecule has 0 fully saturated rings. The third-order valence-electron chi connectivity index (χ3n) is 1.85. The average Bonchev–Trinajstić information content (AvgIpc) is 2.53. The molecular formula is C8H12N2O2S. The van der Waals surface area contributed by atoms with Crippen molar-refractivity contribution in [1.82, 2.24) is 9.88 Å². The number of hydrogen-bond donors (Lipinski definition) is 1. The van der Waals surface area contributed by atoms with E-state index in [1.165, 1.54) is 0 Å². The number of likely N-dealkylation sites (N-methyl/N-ethyl adjacent to an activating group) is 1. The Morgan fingerprint density at radius 2 is 2.54 bits per heavy atom. The van der Waals surface area contributed by atoms with E-state index < -0.39 is 5.97 Å². The summed E-state index contributed by atoms with van der Waals surface area (Å²) in [7, 11) is 1.78. The van der Waals surface area contributed by atoms with E-state index in [1.54, 1.807) is 29.5 Å². The van der Waals surface area contributed by atoms with Gasteiger partial charge in [-0.1, -0.05) is 0 Å². The molecule has 1 atom stereocenters. The van der Waals surface area contributed by atoms with Gasteiger partial charge in [0.1, 0.15) is 5.01 Å². The smallest absolute Gasteiger partial charge is 0.317 e. The van der Waals surface area contributed by atoms with Crippen LogP contribution in [-0.4, -0.2) is 34.6 Å². The van der Waals surface area contributed by atoms with Crippen LogP contribution < -0.4 is 0 Å². The molecule has 0 aliphatic carbocycles. The van der Waals surface area contributed by atoms with Crippen LogP contribution in [0.4, 0.5) is 0 Å². The first-order chi connectivity index (χ1) is 6.11. The lowest BCUT2D eigenvalue weighted by Gasteiger charge is -2.20. The van der Waals surface area contributed by atoms with Gasteiger partial charge in [0.2, 0.25) is 0 Å². The van der Waals surface area contributed by atoms with Crippen LogP contribution >= 0.6 is 11.3 Å². The molecule has 0 aliphatic rings. The molecule has 0 aromatic carbocycles. The third kappa shape index (κ3) is 2.78. The molecule has 5 heteroatoms. The molecule has 0 radical (unpaired) electrons. The number of carbonyl (C=O) groups is 1. The predicted octanol–water partition coefficient (Wildman–Crippen LogP) is 1.22. The Morgan fingerprint density at radius 1 is 1.85 bits per heavy atom. The average molecular weight is 200 g/mol. The standard InChI is InChI=1S/C8H12N2O2S/c1-6(8-9-3-4-13-8)10(2)5-7(11)12/h3-4,6H,5H2,1-2H3,(H,11,12)/t6-/m1/s1. The van der Waals surface area contributed by atoms with Crippen molar-refractivity contribution in [1.29, 1.82) is 0 Å². The molecule has 0 unspecified atom stereocenters. The first kappa shape index (κ1) is 10.1. The molecule has 0 saturated heterocycles. The van der Waals surface area contributed by atoms with Crippen LogP contribution in [0.15, 0.2) is 11.6 Å². The van der Waals surface area contributed by atoms with Crippen LogP contribution in [-0.2, 0) is 4.79 Å². The number of thiazole rings is 1. The Bertz CT molecular complexity index is 274. The quantitative estimate of drug-likeness (QED) is 0.794. The monoisotopic (exact) mass is 200 g/mol. The van der Waals surface area contributed by atoms with Crippen molar-refractivity contribution in [3.05, 3.63) is 16.6 Å². The highest BCUT2D eigenvalue weighted by Gasteiger charge is 2.15. The maximum absolute atomic E-state index is 10.4. The third-order valence-corrected chi connectivity index (χ3v) is 2.80. The van der Waals surface area contributed by atoms with Crippen LogP contribution in [0.5, 0.6) is 0 Å². The summed E-state index contributed by atoms with van der Waals surface area (Å²) in [5.41, 5.74) is 0. The summed E-state index contributed by atoms with van der Waals surface area (Å²) < 4.78 is 0. The highest BCUT2D eigenvalue weighted by atomic mass is 32.1. The molecule has 1 N–H and O–H groups in total. The van der Waals surface area contributed by atoms with Crippen molar-refractivity contribution in [3.63, 3.8) is 0 Å². The van der Waals surface area contributed by atoms with Gasteiger partial charge in [-0.2, -0.15) is 0 Å². The number of carboxylic acid groups (broad SMARTS) is 1. The lowest BCUT2D eigenvalue weighted by molar-refractivity contribution is -0.138. The van der Waals surface area contributed by atoms with Gasteiger partial charge in [0.15, 0.2) is 0 Å². The minimum atomic E-state index is -0.814. The maximum Gasteiger partial charge on any atom is 0.317 e. The second kappa shape index (κ2) is 4.34. The summed E-state index contributed by atoms with van der Waals surface area (Å²) in [6, 6.07) is 0.0658. The van der Waals surface area contributed by atoms with Crippen LogP contribution in [0.3, 0.4) is 0 Å². The van der Waals surface area contributed by atoms with Crippen molar-refractivity contribution in [3.8, 4) is 0 Å². The van der Waals surface area contributed by atoms with Crippen molar-refractivity contribution < 1.29 is 9.90 Å². The lowest BCUT2D eigenvalue weighted by Crippen LogP contribution is -2.28. The fourth-order valence-electron chi connectivity index (χ4n) is 0.980. The van der Waals surface area contributed by atoms with Crippen LogP contribution in [0.2, 0.25) is 0 Å². The molecule has 13 heavy (non-hydrogen) atoms. The first-order valence-electron chi connectivity index (χ1n) is 3.92. The van der Waals surface area contributed by atoms with Gasteiger partial charge in [-0.3, -0.25) is 9.69 Å². The zero-order valence-corrected chi connectivity index (χ0v) is 8.41. The van der Waals surface area contributed by atoms with E-state index in [0.717, 1.165) is 5.01 Å². The van der Waals surface area contributed by atoms with Crippen molar-refractivity contribution in [2.75, 3.05) is 13.6 Å². The van der Waals surface area contributed by atoms with Gasteiger partial charge < -0.3 is 5.11 Å². The molecule has 4 nitrogen and oxygen atoms in total. The van der Waals surface area contributed by atoms with Crippen molar-refractivity contribution in [2.45, 2.75) is 13.0 Å². The van der Waals surface area contributed by atoms with E-state index in [2.05, 4.69) is 4.98 Å². The number of aliphatic carboxylic acids is 1. The SMILES string of the molecule is C[C@H](c1nccs1)N(C)CC(=O)O. The molecule has 0 saturated carbocycles. The van der Waals surface area contributed by atoms with Crippen molar-refractivity contribution >= 4 is 17.3 Å². The molecule has 1 rings (SSSR count). The summed E-state index contributed by atoms with van der Waals surface area (Å²) in [6.45, 7) is 1.99. The van der Waals surface area contributed by atoms with Crippen LogP contribution in [0.1, 0.15) is 18.0 Å². The molecular weight excluding hydrogens is 188 g/mol. The Labute approximate surface area is 80.8 Å². The molecule has 1 heterocycles. The Balaban J connectivity index is 2.57. The van der Waals surface area contributed by atoms with Gasteiger partial charge in [-0.25, -0.2) is 4.98 Å². The minimum absolute atomic E-state index is 0.0424. The van der Waals surface area contributed by atoms with Gasteiger partial charge in [0, 0.05) is 11.6 Å². The summed E-state index contributed by atoms with van der Waals surface area (Å²) in [6.07, 6.45) is 1.73. The van der Waals surface area contributed by atoms with Gasteiger partial charge in [-0.15, -0.1) is 11.3 Å². The van der Waals surface area contributed by atoms with Gasteiger partial charge >= 0.3 is 5.97 Å². The normalized spacial score (nSPS) is 13.2. The zero-order valence-electron chi connectivity index (χ0n) is 7.60. The molecule has 0 spiro atoms. The lowest BCUT2D eigenvalue weighted by atomic mass is 10.3. The number of rotatable bonds is 4. The fourth-order valence-corrected chi connectivity index (χ4v) is 1.74. The molecule has 0 amide bonds. The predicted molar refractivity (Wildman–Crippen MR) is 50.8 cm³/mol. The molecule has 0 aliphatic heterocycles. The van der Waals surface area contributed by atoms with Crippen LogP contribution in [0.25, 0.3) is 0 Å². The van der Waals surface area contributed by atoms with E-state index in [9.17, 15) is 4.79 Å². The highest BCUT2D eigenvalue weighted by molar-refractivity contribution is 7.09. The number of aromatic nitrogens is 1. The van der Waals surface area contributed by atoms with Crippen molar-refractivity contribution in [2.24, 2.45) is 0 Å². The number of nitrogens with zero attached hydrogens (tertiary/aromatic N) is 2. The summed E-state index contributed by atoms with van der Waals surface area (Å²) in [5, 5.41) is 11.4. The topological polar surface area (TPSA) is 53.4 Å². The molecule has 72 valence electrons. The van der Waals surface area contributed by atoms with E-state index in [1.807, 2.05) is 12.3 Å². The molecule has 0 bridgehead atoms. The minimum Gasteiger partial charge on any atom is -0.480 e. The maximum atomic E-state index is 10.4. The molecule has 1 aromatic rings. The van der Waals surface area contributed by atoms with Gasteiger partial charge in [0.05, 0.1) is 12.6 Å². The molecule has 1 aromatic heterocycles. The van der Waals surface area contributed by atoms with Gasteiger partial charge in [-0.05, 0) is 14.0 Å². The Hall–Kier alpha value is -0.940. The Morgan fingerprint density at radius 3 is 3.00 bits per heavy atom. The largest absolute Gasteiger partial charge is 0.480 e. The number of hydrogen-bond acceptors (Lipinski definition) is 4. The second-order valence-corrected chi connectivity index (χ2v) is 3.78. The summed E-state index contributed by atoms with van der Waals surface area (Å²) >= 11 is 1.54. The number of carboxylic acids is 1. The van der Waals surface area contributed by atoms with E-state index in [4.69, 9.17) is 5.11 Å². The zero-order chi connectivity index (χ0) is 9.84.